The van der Waals surface area contributed by atoms with Crippen molar-refractivity contribution in [2.24, 2.45) is 0 Å². The molecule has 1 unspecified atom stereocenters. The van der Waals surface area contributed by atoms with Crippen LogP contribution < -0.4 is 15.9 Å². The maximum Gasteiger partial charge on any atom is 0.251 e. The summed E-state index contributed by atoms with van der Waals surface area (Å²) in [6, 6.07) is 30.0. The SMILES string of the molecule is CC.Cc1cc(F)cc(P)c1.Cc1cccc(CNCCCNC(=O)c2cc(C)cc(CN(C)Cc3ccccc3)c2)c1. The molecule has 0 aliphatic carbocycles. The van der Waals surface area contributed by atoms with Crippen molar-refractivity contribution in [1.82, 2.24) is 15.5 Å². The molecule has 4 aromatic rings. The van der Waals surface area contributed by atoms with E-state index in [1.165, 1.54) is 28.8 Å². The molecule has 4 nitrogen and oxygen atoms in total. The van der Waals surface area contributed by atoms with Gasteiger partial charge in [-0.25, -0.2) is 4.39 Å². The number of rotatable bonds is 11. The normalized spacial score (nSPS) is 10.3. The minimum atomic E-state index is -0.167. The number of carbonyl (C=O) groups is 1. The molecule has 1 amide bonds. The minimum Gasteiger partial charge on any atom is -0.352 e. The average Bonchev–Trinajstić information content (AvgIpc) is 2.95. The van der Waals surface area contributed by atoms with Crippen molar-refractivity contribution in [3.63, 3.8) is 0 Å². The molecule has 0 saturated heterocycles. The Morgan fingerprint density at radius 3 is 2.07 bits per heavy atom. The number of halogens is 1. The Kier molecular flexibility index (Phi) is 16.5. The molecule has 0 aromatic heterocycles. The zero-order chi connectivity index (χ0) is 31.6. The summed E-state index contributed by atoms with van der Waals surface area (Å²) in [7, 11) is 4.57. The van der Waals surface area contributed by atoms with Crippen molar-refractivity contribution < 1.29 is 9.18 Å². The molecule has 6 heteroatoms. The Balaban J connectivity index is 0.000000496. The molecular weight excluding hydrogens is 552 g/mol. The predicted molar refractivity (Wildman–Crippen MR) is 184 cm³/mol. The maximum absolute atomic E-state index is 12.7. The largest absolute Gasteiger partial charge is 0.352 e. The lowest BCUT2D eigenvalue weighted by Crippen LogP contribution is -2.27. The quantitative estimate of drug-likeness (QED) is 0.138. The van der Waals surface area contributed by atoms with E-state index in [2.05, 4.69) is 93.3 Å². The number of benzene rings is 4. The van der Waals surface area contributed by atoms with Crippen molar-refractivity contribution in [3.8, 4) is 0 Å². The highest BCUT2D eigenvalue weighted by Gasteiger charge is 2.09. The molecule has 1 atom stereocenters. The Morgan fingerprint density at radius 1 is 0.744 bits per heavy atom. The van der Waals surface area contributed by atoms with Gasteiger partial charge in [0.15, 0.2) is 0 Å². The Labute approximate surface area is 261 Å². The van der Waals surface area contributed by atoms with Gasteiger partial charge in [-0.15, -0.1) is 9.24 Å². The van der Waals surface area contributed by atoms with E-state index < -0.39 is 0 Å². The molecule has 0 fully saturated rings. The molecule has 0 spiro atoms. The second-order valence-electron chi connectivity index (χ2n) is 10.7. The van der Waals surface area contributed by atoms with E-state index in [-0.39, 0.29) is 11.7 Å². The topological polar surface area (TPSA) is 44.4 Å². The van der Waals surface area contributed by atoms with Crippen LogP contribution in [0.5, 0.6) is 0 Å². The third-order valence-corrected chi connectivity index (χ3v) is 6.77. The molecule has 4 aromatic carbocycles. The third-order valence-electron chi connectivity index (χ3n) is 6.44. The molecule has 0 radical (unpaired) electrons. The number of nitrogens with one attached hydrogen (secondary N) is 2. The van der Waals surface area contributed by atoms with E-state index in [4.69, 9.17) is 0 Å². The zero-order valence-corrected chi connectivity index (χ0v) is 27.9. The summed E-state index contributed by atoms with van der Waals surface area (Å²) in [6.45, 7) is 14.1. The molecule has 0 aliphatic rings. The second-order valence-corrected chi connectivity index (χ2v) is 11.4. The fourth-order valence-electron chi connectivity index (χ4n) is 4.68. The van der Waals surface area contributed by atoms with Gasteiger partial charge >= 0.3 is 0 Å². The number of aryl methyl sites for hydroxylation is 3. The number of hydrogen-bond donors (Lipinski definition) is 2. The summed E-state index contributed by atoms with van der Waals surface area (Å²) >= 11 is 0. The predicted octanol–water partition coefficient (Wildman–Crippen LogP) is 7.51. The van der Waals surface area contributed by atoms with Crippen molar-refractivity contribution in [2.45, 2.75) is 60.7 Å². The summed E-state index contributed by atoms with van der Waals surface area (Å²) in [5.74, 6) is -0.167. The first kappa shape index (κ1) is 35.8. The molecule has 0 aliphatic heterocycles. The van der Waals surface area contributed by atoms with Crippen molar-refractivity contribution in [1.29, 1.82) is 0 Å². The molecule has 0 bridgehead atoms. The number of amides is 1. The first-order valence-corrected chi connectivity index (χ1v) is 15.7. The highest BCUT2D eigenvalue weighted by molar-refractivity contribution is 7.27. The summed E-state index contributed by atoms with van der Waals surface area (Å²) in [5, 5.41) is 7.40. The summed E-state index contributed by atoms with van der Waals surface area (Å²) in [5.41, 5.74) is 7.82. The molecule has 43 heavy (non-hydrogen) atoms. The van der Waals surface area contributed by atoms with Crippen molar-refractivity contribution in [3.05, 3.63) is 136 Å². The van der Waals surface area contributed by atoms with Crippen LogP contribution in [0.1, 0.15) is 64.0 Å². The van der Waals surface area contributed by atoms with Crippen LogP contribution >= 0.6 is 9.24 Å². The van der Waals surface area contributed by atoms with E-state index in [9.17, 15) is 9.18 Å². The first-order valence-electron chi connectivity index (χ1n) is 15.1. The lowest BCUT2D eigenvalue weighted by molar-refractivity contribution is 0.0953. The second kappa shape index (κ2) is 19.7. The van der Waals surface area contributed by atoms with Crippen molar-refractivity contribution >= 4 is 20.5 Å². The van der Waals surface area contributed by atoms with Crippen LogP contribution in [0.3, 0.4) is 0 Å². The summed E-state index contributed by atoms with van der Waals surface area (Å²) in [4.78, 5) is 14.9. The minimum absolute atomic E-state index is 0.000605. The maximum atomic E-state index is 12.7. The lowest BCUT2D eigenvalue weighted by Gasteiger charge is -2.18. The number of hydrogen-bond acceptors (Lipinski definition) is 3. The molecule has 0 saturated carbocycles. The van der Waals surface area contributed by atoms with Gasteiger partial charge in [-0.1, -0.05) is 91.7 Å². The van der Waals surface area contributed by atoms with Gasteiger partial charge in [0.05, 0.1) is 0 Å². The van der Waals surface area contributed by atoms with E-state index in [1.54, 1.807) is 0 Å². The van der Waals surface area contributed by atoms with Gasteiger partial charge in [0, 0.05) is 31.7 Å². The van der Waals surface area contributed by atoms with Gasteiger partial charge in [-0.3, -0.25) is 9.69 Å². The highest BCUT2D eigenvalue weighted by Crippen LogP contribution is 2.14. The van der Waals surface area contributed by atoms with Gasteiger partial charge in [0.25, 0.3) is 5.91 Å². The monoisotopic (exact) mass is 601 g/mol. The van der Waals surface area contributed by atoms with E-state index in [1.807, 2.05) is 52.0 Å². The average molecular weight is 602 g/mol. The van der Waals surface area contributed by atoms with Gasteiger partial charge in [0.1, 0.15) is 5.82 Å². The first-order chi connectivity index (χ1) is 20.7. The Bertz CT molecular complexity index is 1340. The lowest BCUT2D eigenvalue weighted by atomic mass is 10.1. The van der Waals surface area contributed by atoms with Gasteiger partial charge in [-0.2, -0.15) is 0 Å². The van der Waals surface area contributed by atoms with Gasteiger partial charge < -0.3 is 10.6 Å². The molecule has 0 heterocycles. The molecule has 4 rings (SSSR count). The molecule has 230 valence electrons. The summed E-state index contributed by atoms with van der Waals surface area (Å²) in [6.07, 6.45) is 0.899. The molecule has 2 N–H and O–H groups in total. The van der Waals surface area contributed by atoms with Gasteiger partial charge in [-0.05, 0) is 92.6 Å². The highest BCUT2D eigenvalue weighted by atomic mass is 31.0. The fourth-order valence-corrected chi connectivity index (χ4v) is 5.11. The van der Waals surface area contributed by atoms with Crippen molar-refractivity contribution in [2.75, 3.05) is 20.1 Å². The summed E-state index contributed by atoms with van der Waals surface area (Å²) < 4.78 is 12.4. The van der Waals surface area contributed by atoms with Crippen LogP contribution in [0.15, 0.2) is 91.0 Å². The third kappa shape index (κ3) is 14.6. The van der Waals surface area contributed by atoms with Crippen LogP contribution in [0.25, 0.3) is 0 Å². The molecular formula is C37H49FN3OP. The van der Waals surface area contributed by atoms with Crippen LogP contribution in [0.2, 0.25) is 0 Å². The van der Waals surface area contributed by atoms with E-state index in [0.717, 1.165) is 60.2 Å². The Hall–Kier alpha value is -3.37. The standard InChI is InChI=1S/C28H35N3O.C7H8FP.C2H6/c1-22-9-7-12-25(15-22)19-29-13-8-14-30-28(32)27-17-23(2)16-26(18-27)21-31(3)20-24-10-5-4-6-11-24;1-5-2-6(8)4-7(9)3-5;1-2/h4-7,9-12,15-18,29H,8,13-14,19-21H2,1-3H3,(H,30,32);2-4H,9H2,1H3;1-2H3. The Morgan fingerprint density at radius 2 is 1.40 bits per heavy atom. The van der Waals surface area contributed by atoms with Crippen LogP contribution in [0, 0.1) is 26.6 Å². The van der Waals surface area contributed by atoms with E-state index in [0.29, 0.717) is 6.54 Å². The van der Waals surface area contributed by atoms with Crippen LogP contribution in [0.4, 0.5) is 4.39 Å². The number of carbonyl (C=O) groups excluding carboxylic acids is 1. The fraction of sp³-hybridized carbons (Fsp3) is 0.324. The van der Waals surface area contributed by atoms with Gasteiger partial charge in [0.2, 0.25) is 0 Å². The zero-order valence-electron chi connectivity index (χ0n) is 26.7. The van der Waals surface area contributed by atoms with E-state index >= 15 is 0 Å². The number of nitrogens with zero attached hydrogens (tertiary/aromatic N) is 1. The van der Waals surface area contributed by atoms with Crippen LogP contribution in [-0.2, 0) is 19.6 Å². The smallest absolute Gasteiger partial charge is 0.251 e. The van der Waals surface area contributed by atoms with Crippen LogP contribution in [-0.4, -0.2) is 30.9 Å².